The van der Waals surface area contributed by atoms with Gasteiger partial charge in [-0.2, -0.15) is 5.10 Å². The molecule has 1 amide bonds. The maximum Gasteiger partial charge on any atom is 0.354 e. The molecule has 0 unspecified atom stereocenters. The van der Waals surface area contributed by atoms with Crippen molar-refractivity contribution in [2.75, 3.05) is 0 Å². The molecule has 8 heteroatoms. The van der Waals surface area contributed by atoms with E-state index in [2.05, 4.69) is 10.5 Å². The van der Waals surface area contributed by atoms with Gasteiger partial charge in [-0.15, -0.1) is 0 Å². The van der Waals surface area contributed by atoms with E-state index in [1.807, 2.05) is 0 Å². The Kier molecular flexibility index (Phi) is 4.04. The van der Waals surface area contributed by atoms with Crippen LogP contribution in [0.2, 0.25) is 0 Å². The van der Waals surface area contributed by atoms with E-state index in [-0.39, 0.29) is 36.8 Å². The first-order chi connectivity index (χ1) is 9.56. The number of carbonyl (C=O) groups is 2. The number of hydrogen-bond donors (Lipinski definition) is 1. The molecular formula is C12H11N3O5. The number of rotatable bonds is 4. The third-order valence-electron chi connectivity index (χ3n) is 2.63. The van der Waals surface area contributed by atoms with Crippen LogP contribution in [0.15, 0.2) is 29.4 Å². The Hall–Kier alpha value is -2.77. The average molecular weight is 277 g/mol. The Bertz CT molecular complexity index is 597. The predicted octanol–water partition coefficient (Wildman–Crippen LogP) is 0.904. The maximum absolute atomic E-state index is 11.7. The fourth-order valence-electron chi connectivity index (χ4n) is 1.61. The summed E-state index contributed by atoms with van der Waals surface area (Å²) >= 11 is 0. The first kappa shape index (κ1) is 13.7. The molecule has 0 radical (unpaired) electrons. The van der Waals surface area contributed by atoms with Gasteiger partial charge in [0.15, 0.2) is 0 Å². The minimum atomic E-state index is -0.642. The van der Waals surface area contributed by atoms with Crippen LogP contribution in [-0.4, -0.2) is 22.5 Å². The van der Waals surface area contributed by atoms with Crippen molar-refractivity contribution in [3.8, 4) is 0 Å². The van der Waals surface area contributed by atoms with Crippen molar-refractivity contribution in [2.24, 2.45) is 5.10 Å². The summed E-state index contributed by atoms with van der Waals surface area (Å²) in [5.41, 5.74) is 2.77. The summed E-state index contributed by atoms with van der Waals surface area (Å²) in [6.07, 6.45) is 0.407. The summed E-state index contributed by atoms with van der Waals surface area (Å²) in [7, 11) is 0. The van der Waals surface area contributed by atoms with Gasteiger partial charge in [-0.05, 0) is 5.56 Å². The highest BCUT2D eigenvalue weighted by molar-refractivity contribution is 6.37. The van der Waals surface area contributed by atoms with Crippen LogP contribution < -0.4 is 5.43 Å². The minimum absolute atomic E-state index is 0.0687. The summed E-state index contributed by atoms with van der Waals surface area (Å²) in [4.78, 5) is 32.6. The van der Waals surface area contributed by atoms with Gasteiger partial charge in [-0.3, -0.25) is 14.9 Å². The number of benzene rings is 1. The van der Waals surface area contributed by atoms with E-state index in [9.17, 15) is 19.7 Å². The molecule has 0 aromatic heterocycles. The lowest BCUT2D eigenvalue weighted by atomic mass is 10.2. The molecule has 1 heterocycles. The van der Waals surface area contributed by atoms with E-state index in [1.54, 1.807) is 6.07 Å². The van der Waals surface area contributed by atoms with Gasteiger partial charge in [-0.1, -0.05) is 12.1 Å². The zero-order chi connectivity index (χ0) is 14.5. The van der Waals surface area contributed by atoms with Crippen molar-refractivity contribution in [3.63, 3.8) is 0 Å². The molecule has 0 saturated heterocycles. The number of amides is 1. The largest absolute Gasteiger partial charge is 0.456 e. The Morgan fingerprint density at radius 2 is 2.25 bits per heavy atom. The smallest absolute Gasteiger partial charge is 0.354 e. The number of non-ortho nitro benzene ring substituents is 1. The summed E-state index contributed by atoms with van der Waals surface area (Å²) in [5.74, 6) is -0.892. The number of hydrazone groups is 1. The number of carbonyl (C=O) groups excluding carboxylic acids is 2. The van der Waals surface area contributed by atoms with Crippen molar-refractivity contribution in [1.29, 1.82) is 0 Å². The van der Waals surface area contributed by atoms with Crippen molar-refractivity contribution < 1.29 is 19.2 Å². The fraction of sp³-hybridized carbons (Fsp3) is 0.250. The fourth-order valence-corrected chi connectivity index (χ4v) is 1.61. The van der Waals surface area contributed by atoms with Crippen LogP contribution in [0.25, 0.3) is 0 Å². The Balaban J connectivity index is 1.95. The van der Waals surface area contributed by atoms with Gasteiger partial charge in [0.25, 0.3) is 5.69 Å². The number of nitro groups is 1. The van der Waals surface area contributed by atoms with Crippen LogP contribution >= 0.6 is 0 Å². The summed E-state index contributed by atoms with van der Waals surface area (Å²) < 4.78 is 4.99. The SMILES string of the molecule is O=C1CCC(C(=O)OCc2cccc([N+](=O)[O-])c2)=NN1. The van der Waals surface area contributed by atoms with Gasteiger partial charge in [0.05, 0.1) is 4.92 Å². The Morgan fingerprint density at radius 1 is 1.45 bits per heavy atom. The molecule has 8 nitrogen and oxygen atoms in total. The van der Waals surface area contributed by atoms with E-state index in [1.165, 1.54) is 18.2 Å². The van der Waals surface area contributed by atoms with Gasteiger partial charge in [0, 0.05) is 25.0 Å². The van der Waals surface area contributed by atoms with E-state index in [0.717, 1.165) is 0 Å². The molecular weight excluding hydrogens is 266 g/mol. The van der Waals surface area contributed by atoms with Gasteiger partial charge in [-0.25, -0.2) is 10.2 Å². The van der Waals surface area contributed by atoms with E-state index in [0.29, 0.717) is 5.56 Å². The molecule has 1 aromatic rings. The van der Waals surface area contributed by atoms with Gasteiger partial charge < -0.3 is 4.74 Å². The normalized spacial score (nSPS) is 14.2. The zero-order valence-electron chi connectivity index (χ0n) is 10.4. The van der Waals surface area contributed by atoms with Gasteiger partial charge >= 0.3 is 5.97 Å². The monoisotopic (exact) mass is 277 g/mol. The van der Waals surface area contributed by atoms with Crippen LogP contribution in [0.3, 0.4) is 0 Å². The van der Waals surface area contributed by atoms with Gasteiger partial charge in [0.2, 0.25) is 5.91 Å². The maximum atomic E-state index is 11.7. The topological polar surface area (TPSA) is 111 Å². The van der Waals surface area contributed by atoms with Crippen LogP contribution in [-0.2, 0) is 20.9 Å². The molecule has 0 aliphatic carbocycles. The molecule has 1 aliphatic rings. The number of ether oxygens (including phenoxy) is 1. The van der Waals surface area contributed by atoms with Crippen LogP contribution in [0.5, 0.6) is 0 Å². The highest BCUT2D eigenvalue weighted by atomic mass is 16.6. The lowest BCUT2D eigenvalue weighted by Crippen LogP contribution is -2.30. The predicted molar refractivity (Wildman–Crippen MR) is 67.7 cm³/mol. The summed E-state index contributed by atoms with van der Waals surface area (Å²) in [5, 5.41) is 14.2. The molecule has 1 aromatic carbocycles. The summed E-state index contributed by atoms with van der Waals surface area (Å²) in [6, 6.07) is 5.81. The number of esters is 1. The second-order valence-corrected chi connectivity index (χ2v) is 4.10. The second-order valence-electron chi connectivity index (χ2n) is 4.10. The third-order valence-corrected chi connectivity index (χ3v) is 2.63. The van der Waals surface area contributed by atoms with Crippen molar-refractivity contribution in [1.82, 2.24) is 5.43 Å². The molecule has 0 bridgehead atoms. The summed E-state index contributed by atoms with van der Waals surface area (Å²) in [6.45, 7) is -0.0898. The molecule has 20 heavy (non-hydrogen) atoms. The Morgan fingerprint density at radius 3 is 2.90 bits per heavy atom. The van der Waals surface area contributed by atoms with Crippen LogP contribution in [0.4, 0.5) is 5.69 Å². The van der Waals surface area contributed by atoms with Gasteiger partial charge in [0.1, 0.15) is 12.3 Å². The average Bonchev–Trinajstić information content (AvgIpc) is 2.46. The van der Waals surface area contributed by atoms with E-state index in [4.69, 9.17) is 4.74 Å². The molecule has 2 rings (SSSR count). The molecule has 0 fully saturated rings. The Labute approximate surface area is 113 Å². The lowest BCUT2D eigenvalue weighted by molar-refractivity contribution is -0.384. The van der Waals surface area contributed by atoms with Crippen LogP contribution in [0.1, 0.15) is 18.4 Å². The van der Waals surface area contributed by atoms with Crippen molar-refractivity contribution >= 4 is 23.3 Å². The second kappa shape index (κ2) is 5.91. The van der Waals surface area contributed by atoms with Crippen molar-refractivity contribution in [3.05, 3.63) is 39.9 Å². The minimum Gasteiger partial charge on any atom is -0.456 e. The number of nitro benzene ring substituents is 1. The zero-order valence-corrected chi connectivity index (χ0v) is 10.4. The number of hydrogen-bond acceptors (Lipinski definition) is 6. The molecule has 1 aliphatic heterocycles. The van der Waals surface area contributed by atoms with E-state index >= 15 is 0 Å². The molecule has 0 atom stereocenters. The number of nitrogens with zero attached hydrogens (tertiary/aromatic N) is 2. The number of nitrogens with one attached hydrogen (secondary N) is 1. The lowest BCUT2D eigenvalue weighted by Gasteiger charge is -2.11. The van der Waals surface area contributed by atoms with Crippen LogP contribution in [0, 0.1) is 10.1 Å². The first-order valence-corrected chi connectivity index (χ1v) is 5.82. The quantitative estimate of drug-likeness (QED) is 0.499. The molecule has 104 valence electrons. The highest BCUT2D eigenvalue weighted by Gasteiger charge is 2.19. The highest BCUT2D eigenvalue weighted by Crippen LogP contribution is 2.14. The van der Waals surface area contributed by atoms with E-state index < -0.39 is 10.9 Å². The molecule has 1 N–H and O–H groups in total. The molecule has 0 spiro atoms. The third kappa shape index (κ3) is 3.37. The standard InChI is InChI=1S/C12H11N3O5/c16-11-5-4-10(13-14-11)12(17)20-7-8-2-1-3-9(6-8)15(18)19/h1-3,6H,4-5,7H2,(H,14,16). The first-order valence-electron chi connectivity index (χ1n) is 5.82. The molecule has 0 saturated carbocycles. The van der Waals surface area contributed by atoms with Crippen molar-refractivity contribution in [2.45, 2.75) is 19.4 Å².